The third-order valence-electron chi connectivity index (χ3n) is 3.90. The molecule has 4 heteroatoms. The van der Waals surface area contributed by atoms with Crippen molar-refractivity contribution in [3.8, 4) is 0 Å². The Morgan fingerprint density at radius 1 is 0.955 bits per heavy atom. The predicted octanol–water partition coefficient (Wildman–Crippen LogP) is 6.25. The maximum absolute atomic E-state index is 11.5. The van der Waals surface area contributed by atoms with Gasteiger partial charge in [0.25, 0.3) is 0 Å². The van der Waals surface area contributed by atoms with E-state index in [0.29, 0.717) is 6.42 Å². The van der Waals surface area contributed by atoms with Crippen molar-refractivity contribution in [2.24, 2.45) is 11.8 Å². The van der Waals surface area contributed by atoms with Crippen LogP contribution in [0.1, 0.15) is 85.5 Å². The highest BCUT2D eigenvalue weighted by Crippen LogP contribution is 2.36. The Labute approximate surface area is 147 Å². The zero-order valence-corrected chi connectivity index (χ0v) is 16.6. The largest absolute Gasteiger partial charge is 0.480 e. The van der Waals surface area contributed by atoms with E-state index in [1.807, 2.05) is 0 Å². The number of hydrogen-bond acceptors (Lipinski definition) is 3. The normalized spacial score (nSPS) is 14.5. The molecule has 132 valence electrons. The molecule has 0 aliphatic heterocycles. The van der Waals surface area contributed by atoms with Crippen LogP contribution in [0, 0.1) is 11.8 Å². The zero-order valence-electron chi connectivity index (χ0n) is 14.9. The third-order valence-corrected chi connectivity index (χ3v) is 6.05. The molecule has 0 bridgehead atoms. The van der Waals surface area contributed by atoms with Gasteiger partial charge in [-0.1, -0.05) is 72.6 Å². The summed E-state index contributed by atoms with van der Waals surface area (Å²) in [6, 6.07) is 0. The lowest BCUT2D eigenvalue weighted by Gasteiger charge is -2.23. The topological polar surface area (TPSA) is 37.3 Å². The molecular weight excluding hydrogens is 312 g/mol. The molecule has 1 unspecified atom stereocenters. The minimum Gasteiger partial charge on any atom is -0.480 e. The van der Waals surface area contributed by atoms with E-state index < -0.39 is 10.0 Å². The summed E-state index contributed by atoms with van der Waals surface area (Å²) in [5, 5.41) is 9.46. The van der Waals surface area contributed by atoms with Gasteiger partial charge in [0.1, 0.15) is 0 Å². The summed E-state index contributed by atoms with van der Waals surface area (Å²) in [5.74, 6) is 1.63. The van der Waals surface area contributed by atoms with Crippen molar-refractivity contribution in [3.63, 3.8) is 0 Å². The van der Waals surface area contributed by atoms with Gasteiger partial charge in [-0.05, 0) is 30.4 Å². The summed E-state index contributed by atoms with van der Waals surface area (Å²) < 4.78 is -0.893. The molecule has 0 aliphatic carbocycles. The van der Waals surface area contributed by atoms with Gasteiger partial charge in [-0.2, -0.15) is 12.6 Å². The molecule has 22 heavy (non-hydrogen) atoms. The second-order valence-corrected chi connectivity index (χ2v) is 9.63. The Balaban J connectivity index is 3.88. The molecule has 1 N–H and O–H groups in total. The summed E-state index contributed by atoms with van der Waals surface area (Å²) in [6.07, 6.45) is 9.98. The van der Waals surface area contributed by atoms with Crippen LogP contribution in [0.15, 0.2) is 0 Å². The van der Waals surface area contributed by atoms with Gasteiger partial charge in [0.15, 0.2) is 4.08 Å². The first-order valence-corrected chi connectivity index (χ1v) is 10.3. The lowest BCUT2D eigenvalue weighted by molar-refractivity contribution is -0.137. The van der Waals surface area contributed by atoms with Crippen molar-refractivity contribution in [1.29, 1.82) is 0 Å². The maximum atomic E-state index is 11.5. The SMILES string of the molecule is CC(C)CCCCCSC(S)(CCCCCC(C)C)C(=O)O. The van der Waals surface area contributed by atoms with E-state index >= 15 is 0 Å². The second kappa shape index (κ2) is 12.6. The third kappa shape index (κ3) is 11.7. The van der Waals surface area contributed by atoms with Gasteiger partial charge >= 0.3 is 5.97 Å². The monoisotopic (exact) mass is 348 g/mol. The molecule has 0 rings (SSSR count). The molecule has 0 aromatic heterocycles. The zero-order chi connectivity index (χ0) is 17.0. The first-order valence-electron chi connectivity index (χ1n) is 8.87. The number of hydrogen-bond donors (Lipinski definition) is 2. The number of thioether (sulfide) groups is 1. The van der Waals surface area contributed by atoms with Crippen LogP contribution in [-0.2, 0) is 4.79 Å². The number of carboxylic acids is 1. The smallest absolute Gasteiger partial charge is 0.329 e. The van der Waals surface area contributed by atoms with E-state index in [0.717, 1.165) is 36.9 Å². The number of unbranched alkanes of at least 4 members (excludes halogenated alkanes) is 4. The van der Waals surface area contributed by atoms with Gasteiger partial charge in [-0.25, -0.2) is 4.79 Å². The summed E-state index contributed by atoms with van der Waals surface area (Å²) in [6.45, 7) is 8.96. The quantitative estimate of drug-likeness (QED) is 0.221. The van der Waals surface area contributed by atoms with Crippen molar-refractivity contribution in [2.75, 3.05) is 5.75 Å². The molecule has 0 saturated carbocycles. The molecule has 1 atom stereocenters. The molecule has 0 radical (unpaired) electrons. The molecule has 0 aromatic carbocycles. The predicted molar refractivity (Wildman–Crippen MR) is 103 cm³/mol. The van der Waals surface area contributed by atoms with E-state index in [1.54, 1.807) is 0 Å². The minimum absolute atomic E-state index is 0.667. The Morgan fingerprint density at radius 2 is 1.45 bits per heavy atom. The highest BCUT2D eigenvalue weighted by atomic mass is 32.2. The molecule has 0 aromatic rings. The van der Waals surface area contributed by atoms with E-state index in [4.69, 9.17) is 0 Å². The highest BCUT2D eigenvalue weighted by molar-refractivity contribution is 8.12. The van der Waals surface area contributed by atoms with Gasteiger partial charge in [-0.3, -0.25) is 0 Å². The Kier molecular flexibility index (Phi) is 12.7. The first kappa shape index (κ1) is 22.2. The molecule has 0 heterocycles. The number of carbonyl (C=O) groups is 1. The molecule has 2 nitrogen and oxygen atoms in total. The average Bonchev–Trinajstić information content (AvgIpc) is 2.41. The minimum atomic E-state index is -0.893. The lowest BCUT2D eigenvalue weighted by atomic mass is 10.0. The fourth-order valence-corrected chi connectivity index (χ4v) is 3.94. The Bertz CT molecular complexity index is 293. The van der Waals surface area contributed by atoms with E-state index in [-0.39, 0.29) is 0 Å². The Morgan fingerprint density at radius 3 is 1.91 bits per heavy atom. The van der Waals surface area contributed by atoms with Crippen molar-refractivity contribution < 1.29 is 9.90 Å². The summed E-state index contributed by atoms with van der Waals surface area (Å²) in [5.41, 5.74) is 0. The number of carboxylic acid groups (broad SMARTS) is 1. The van der Waals surface area contributed by atoms with Crippen LogP contribution in [-0.4, -0.2) is 20.9 Å². The number of rotatable bonds is 14. The maximum Gasteiger partial charge on any atom is 0.329 e. The van der Waals surface area contributed by atoms with Gasteiger partial charge in [-0.15, -0.1) is 11.8 Å². The van der Waals surface area contributed by atoms with Crippen molar-refractivity contribution in [1.82, 2.24) is 0 Å². The average molecular weight is 349 g/mol. The van der Waals surface area contributed by atoms with Crippen LogP contribution in [0.2, 0.25) is 0 Å². The van der Waals surface area contributed by atoms with E-state index in [1.165, 1.54) is 43.9 Å². The van der Waals surface area contributed by atoms with Crippen LogP contribution < -0.4 is 0 Å². The molecule has 0 aliphatic rings. The highest BCUT2D eigenvalue weighted by Gasteiger charge is 2.34. The molecule has 0 amide bonds. The van der Waals surface area contributed by atoms with Gasteiger partial charge in [0.05, 0.1) is 0 Å². The number of aliphatic carboxylic acids is 1. The molecule has 0 saturated heterocycles. The van der Waals surface area contributed by atoms with Crippen molar-refractivity contribution in [2.45, 2.75) is 89.6 Å². The van der Waals surface area contributed by atoms with Crippen LogP contribution in [0.4, 0.5) is 0 Å². The standard InChI is InChI=1S/C18H36O2S2/c1-15(2)11-7-5-9-13-18(21,17(19)20)22-14-10-6-8-12-16(3)4/h15-16,21H,5-14H2,1-4H3,(H,19,20). The van der Waals surface area contributed by atoms with Crippen molar-refractivity contribution in [3.05, 3.63) is 0 Å². The summed E-state index contributed by atoms with van der Waals surface area (Å²) >= 11 is 6.00. The van der Waals surface area contributed by atoms with E-state index in [9.17, 15) is 9.90 Å². The fourth-order valence-electron chi connectivity index (χ4n) is 2.41. The number of thiol groups is 1. The van der Waals surface area contributed by atoms with Crippen LogP contribution >= 0.6 is 24.4 Å². The summed E-state index contributed by atoms with van der Waals surface area (Å²) in [4.78, 5) is 11.5. The first-order chi connectivity index (χ1) is 10.3. The van der Waals surface area contributed by atoms with Gasteiger partial charge in [0.2, 0.25) is 0 Å². The van der Waals surface area contributed by atoms with Crippen LogP contribution in [0.5, 0.6) is 0 Å². The second-order valence-electron chi connectivity index (χ2n) is 7.17. The summed E-state index contributed by atoms with van der Waals surface area (Å²) in [7, 11) is 0. The van der Waals surface area contributed by atoms with Gasteiger partial charge in [0, 0.05) is 0 Å². The van der Waals surface area contributed by atoms with Crippen LogP contribution in [0.3, 0.4) is 0 Å². The molecular formula is C18H36O2S2. The molecule has 0 spiro atoms. The fraction of sp³-hybridized carbons (Fsp3) is 0.944. The molecule has 0 fully saturated rings. The van der Waals surface area contributed by atoms with E-state index in [2.05, 4.69) is 40.3 Å². The van der Waals surface area contributed by atoms with Crippen molar-refractivity contribution >= 4 is 30.4 Å². The lowest BCUT2D eigenvalue weighted by Crippen LogP contribution is -2.29. The van der Waals surface area contributed by atoms with Gasteiger partial charge < -0.3 is 5.11 Å². The van der Waals surface area contributed by atoms with Crippen LogP contribution in [0.25, 0.3) is 0 Å². The Hall–Kier alpha value is 0.170.